The summed E-state index contributed by atoms with van der Waals surface area (Å²) in [5, 5.41) is 0. The van der Waals surface area contributed by atoms with Crippen molar-refractivity contribution in [2.24, 2.45) is 0 Å². The summed E-state index contributed by atoms with van der Waals surface area (Å²) in [6.07, 6.45) is 1.85. The SMILES string of the molecule is Cc1nccc(I)c1-c1ccccc1. The van der Waals surface area contributed by atoms with Gasteiger partial charge in [-0.05, 0) is 41.1 Å². The van der Waals surface area contributed by atoms with Crippen molar-refractivity contribution in [2.45, 2.75) is 6.92 Å². The van der Waals surface area contributed by atoms with Gasteiger partial charge in [-0.1, -0.05) is 30.3 Å². The number of hydrogen-bond donors (Lipinski definition) is 0. The summed E-state index contributed by atoms with van der Waals surface area (Å²) in [4.78, 5) is 4.31. The summed E-state index contributed by atoms with van der Waals surface area (Å²) in [5.74, 6) is 0. The van der Waals surface area contributed by atoms with Crippen LogP contribution in [-0.4, -0.2) is 4.98 Å². The number of aryl methyl sites for hydroxylation is 1. The van der Waals surface area contributed by atoms with Crippen molar-refractivity contribution in [1.82, 2.24) is 4.98 Å². The van der Waals surface area contributed by atoms with Crippen LogP contribution in [0.15, 0.2) is 42.6 Å². The maximum atomic E-state index is 4.31. The highest BCUT2D eigenvalue weighted by atomic mass is 127. The molecule has 0 atom stereocenters. The fraction of sp³-hybridized carbons (Fsp3) is 0.0833. The molecule has 0 amide bonds. The van der Waals surface area contributed by atoms with E-state index in [1.54, 1.807) is 0 Å². The van der Waals surface area contributed by atoms with E-state index in [1.165, 1.54) is 14.7 Å². The number of pyridine rings is 1. The number of rotatable bonds is 1. The number of halogens is 1. The lowest BCUT2D eigenvalue weighted by Crippen LogP contribution is -1.90. The van der Waals surface area contributed by atoms with Gasteiger partial charge in [0.1, 0.15) is 0 Å². The minimum Gasteiger partial charge on any atom is -0.261 e. The molecular weight excluding hydrogens is 285 g/mol. The zero-order chi connectivity index (χ0) is 9.97. The topological polar surface area (TPSA) is 12.9 Å². The Balaban J connectivity index is 2.63. The molecule has 0 N–H and O–H groups in total. The van der Waals surface area contributed by atoms with Crippen molar-refractivity contribution in [3.8, 4) is 11.1 Å². The first-order valence-electron chi connectivity index (χ1n) is 4.45. The van der Waals surface area contributed by atoms with Crippen LogP contribution >= 0.6 is 22.6 Å². The van der Waals surface area contributed by atoms with Crippen LogP contribution in [0.3, 0.4) is 0 Å². The van der Waals surface area contributed by atoms with Crippen LogP contribution in [0.5, 0.6) is 0 Å². The first-order valence-corrected chi connectivity index (χ1v) is 5.53. The van der Waals surface area contributed by atoms with Gasteiger partial charge in [0.25, 0.3) is 0 Å². The smallest absolute Gasteiger partial charge is 0.0461 e. The van der Waals surface area contributed by atoms with E-state index < -0.39 is 0 Å². The molecular formula is C12H10IN. The molecule has 0 saturated carbocycles. The second-order valence-electron chi connectivity index (χ2n) is 3.12. The molecule has 1 nitrogen and oxygen atoms in total. The van der Waals surface area contributed by atoms with E-state index in [0.29, 0.717) is 0 Å². The van der Waals surface area contributed by atoms with Crippen LogP contribution in [0, 0.1) is 10.5 Å². The average Bonchev–Trinajstić information content (AvgIpc) is 2.19. The molecule has 1 aromatic heterocycles. The van der Waals surface area contributed by atoms with Crippen LogP contribution in [0.4, 0.5) is 0 Å². The standard InChI is InChI=1S/C12H10IN/c1-9-12(11(13)7-8-14-9)10-5-3-2-4-6-10/h2-8H,1H3. The predicted octanol–water partition coefficient (Wildman–Crippen LogP) is 3.66. The second kappa shape index (κ2) is 4.09. The molecule has 0 aliphatic heterocycles. The molecule has 1 aromatic carbocycles. The maximum absolute atomic E-state index is 4.31. The van der Waals surface area contributed by atoms with Crippen molar-refractivity contribution < 1.29 is 0 Å². The molecule has 14 heavy (non-hydrogen) atoms. The molecule has 0 aliphatic carbocycles. The molecule has 0 spiro atoms. The summed E-state index contributed by atoms with van der Waals surface area (Å²) in [6, 6.07) is 12.4. The van der Waals surface area contributed by atoms with Gasteiger partial charge in [0, 0.05) is 21.0 Å². The Morgan fingerprint density at radius 2 is 1.79 bits per heavy atom. The monoisotopic (exact) mass is 295 g/mol. The Bertz CT molecular complexity index is 417. The van der Waals surface area contributed by atoms with Crippen molar-refractivity contribution in [3.05, 3.63) is 51.9 Å². The van der Waals surface area contributed by atoms with E-state index in [2.05, 4.69) is 51.8 Å². The molecule has 0 unspecified atom stereocenters. The minimum absolute atomic E-state index is 1.09. The molecule has 0 aliphatic rings. The summed E-state index contributed by atoms with van der Waals surface area (Å²) in [6.45, 7) is 2.05. The average molecular weight is 295 g/mol. The third-order valence-electron chi connectivity index (χ3n) is 2.15. The Labute approximate surface area is 97.3 Å². The molecule has 0 bridgehead atoms. The van der Waals surface area contributed by atoms with E-state index in [1.807, 2.05) is 25.3 Å². The molecule has 70 valence electrons. The molecule has 2 aromatic rings. The zero-order valence-corrected chi connectivity index (χ0v) is 10.0. The molecule has 0 saturated heterocycles. The summed E-state index contributed by atoms with van der Waals surface area (Å²) >= 11 is 2.35. The Kier molecular flexibility index (Phi) is 2.82. The van der Waals surface area contributed by atoms with Crippen LogP contribution < -0.4 is 0 Å². The zero-order valence-electron chi connectivity index (χ0n) is 7.87. The van der Waals surface area contributed by atoms with Crippen LogP contribution in [0.2, 0.25) is 0 Å². The lowest BCUT2D eigenvalue weighted by Gasteiger charge is -2.06. The number of benzene rings is 1. The van der Waals surface area contributed by atoms with Crippen molar-refractivity contribution >= 4 is 22.6 Å². The highest BCUT2D eigenvalue weighted by Crippen LogP contribution is 2.26. The van der Waals surface area contributed by atoms with Crippen LogP contribution in [-0.2, 0) is 0 Å². The Morgan fingerprint density at radius 1 is 1.07 bits per heavy atom. The second-order valence-corrected chi connectivity index (χ2v) is 4.28. The predicted molar refractivity (Wildman–Crippen MR) is 67.1 cm³/mol. The number of nitrogens with zero attached hydrogens (tertiary/aromatic N) is 1. The largest absolute Gasteiger partial charge is 0.261 e. The van der Waals surface area contributed by atoms with E-state index >= 15 is 0 Å². The Morgan fingerprint density at radius 3 is 2.43 bits per heavy atom. The number of aromatic nitrogens is 1. The molecule has 1 heterocycles. The summed E-state index contributed by atoms with van der Waals surface area (Å²) in [5.41, 5.74) is 3.57. The van der Waals surface area contributed by atoms with E-state index in [9.17, 15) is 0 Å². The Hall–Kier alpha value is -0.900. The fourth-order valence-corrected chi connectivity index (χ4v) is 2.35. The lowest BCUT2D eigenvalue weighted by atomic mass is 10.1. The van der Waals surface area contributed by atoms with E-state index in [4.69, 9.17) is 0 Å². The molecule has 2 heteroatoms. The van der Waals surface area contributed by atoms with Crippen molar-refractivity contribution in [3.63, 3.8) is 0 Å². The van der Waals surface area contributed by atoms with E-state index in [0.717, 1.165) is 5.69 Å². The van der Waals surface area contributed by atoms with E-state index in [-0.39, 0.29) is 0 Å². The number of hydrogen-bond acceptors (Lipinski definition) is 1. The van der Waals surface area contributed by atoms with Crippen LogP contribution in [0.1, 0.15) is 5.69 Å². The van der Waals surface area contributed by atoms with Gasteiger partial charge in [0.2, 0.25) is 0 Å². The maximum Gasteiger partial charge on any atom is 0.0461 e. The lowest BCUT2D eigenvalue weighted by molar-refractivity contribution is 1.19. The summed E-state index contributed by atoms with van der Waals surface area (Å²) in [7, 11) is 0. The minimum atomic E-state index is 1.09. The van der Waals surface area contributed by atoms with Gasteiger partial charge in [0.15, 0.2) is 0 Å². The fourth-order valence-electron chi connectivity index (χ4n) is 1.49. The van der Waals surface area contributed by atoms with Crippen LogP contribution in [0.25, 0.3) is 11.1 Å². The third kappa shape index (κ3) is 1.80. The first kappa shape index (κ1) is 9.65. The quantitative estimate of drug-likeness (QED) is 0.732. The van der Waals surface area contributed by atoms with Crippen molar-refractivity contribution in [2.75, 3.05) is 0 Å². The first-order chi connectivity index (χ1) is 6.79. The highest BCUT2D eigenvalue weighted by molar-refractivity contribution is 14.1. The molecule has 0 fully saturated rings. The van der Waals surface area contributed by atoms with Gasteiger partial charge in [-0.3, -0.25) is 4.98 Å². The van der Waals surface area contributed by atoms with Gasteiger partial charge in [-0.25, -0.2) is 0 Å². The van der Waals surface area contributed by atoms with Gasteiger partial charge in [0.05, 0.1) is 0 Å². The summed E-state index contributed by atoms with van der Waals surface area (Å²) < 4.78 is 1.25. The third-order valence-corrected chi connectivity index (χ3v) is 3.05. The van der Waals surface area contributed by atoms with Gasteiger partial charge >= 0.3 is 0 Å². The highest BCUT2D eigenvalue weighted by Gasteiger charge is 2.05. The molecule has 2 rings (SSSR count). The van der Waals surface area contributed by atoms with Gasteiger partial charge < -0.3 is 0 Å². The molecule has 0 radical (unpaired) electrons. The normalized spacial score (nSPS) is 10.1. The van der Waals surface area contributed by atoms with Crippen molar-refractivity contribution in [1.29, 1.82) is 0 Å². The van der Waals surface area contributed by atoms with Gasteiger partial charge in [-0.15, -0.1) is 0 Å². The van der Waals surface area contributed by atoms with Gasteiger partial charge in [-0.2, -0.15) is 0 Å².